The van der Waals surface area contributed by atoms with Gasteiger partial charge in [0.2, 0.25) is 0 Å². The molecule has 0 atom stereocenters. The fourth-order valence-electron chi connectivity index (χ4n) is 2.36. The number of nitrogens with zero attached hydrogens (tertiary/aromatic N) is 4. The van der Waals surface area contributed by atoms with Gasteiger partial charge in [0.15, 0.2) is 5.82 Å². The van der Waals surface area contributed by atoms with Gasteiger partial charge in [-0.25, -0.2) is 9.50 Å². The van der Waals surface area contributed by atoms with Crippen LogP contribution < -0.4 is 4.90 Å². The van der Waals surface area contributed by atoms with Gasteiger partial charge in [-0.05, 0) is 32.8 Å². The molecule has 1 aliphatic rings. The average Bonchev–Trinajstić information content (AvgIpc) is 3.17. The maximum atomic E-state index is 11.8. The predicted molar refractivity (Wildman–Crippen MR) is 74.7 cm³/mol. The van der Waals surface area contributed by atoms with Gasteiger partial charge < -0.3 is 9.64 Å². The van der Waals surface area contributed by atoms with Crippen LogP contribution in [0.25, 0.3) is 5.52 Å². The molecule has 0 unspecified atom stereocenters. The van der Waals surface area contributed by atoms with Gasteiger partial charge in [0.1, 0.15) is 12.1 Å². The maximum absolute atomic E-state index is 11.8. The van der Waals surface area contributed by atoms with E-state index in [-0.39, 0.29) is 12.5 Å². The SMILES string of the molecule is CCOC(=O)CN(c1nccn2nc(C)cc12)C1CC1. The lowest BCUT2D eigenvalue weighted by Crippen LogP contribution is -2.34. The molecule has 2 aromatic heterocycles. The Balaban J connectivity index is 1.95. The Hall–Kier alpha value is -2.11. The lowest BCUT2D eigenvalue weighted by atomic mass is 10.3. The number of anilines is 1. The first-order valence-electron chi connectivity index (χ1n) is 6.92. The Morgan fingerprint density at radius 1 is 1.55 bits per heavy atom. The number of hydrogen-bond acceptors (Lipinski definition) is 5. The zero-order valence-corrected chi connectivity index (χ0v) is 11.7. The summed E-state index contributed by atoms with van der Waals surface area (Å²) in [5.41, 5.74) is 1.87. The molecule has 106 valence electrons. The number of carbonyl (C=O) groups excluding carboxylic acids is 1. The van der Waals surface area contributed by atoms with E-state index in [2.05, 4.69) is 10.1 Å². The van der Waals surface area contributed by atoms with Crippen LogP contribution in [0.5, 0.6) is 0 Å². The molecule has 0 bridgehead atoms. The molecule has 6 nitrogen and oxygen atoms in total. The van der Waals surface area contributed by atoms with Gasteiger partial charge >= 0.3 is 5.97 Å². The Bertz CT molecular complexity index is 633. The van der Waals surface area contributed by atoms with Crippen molar-refractivity contribution in [3.8, 4) is 0 Å². The highest BCUT2D eigenvalue weighted by molar-refractivity contribution is 5.79. The molecule has 2 aromatic rings. The summed E-state index contributed by atoms with van der Waals surface area (Å²) < 4.78 is 6.86. The van der Waals surface area contributed by atoms with Crippen LogP contribution in [0.2, 0.25) is 0 Å². The summed E-state index contributed by atoms with van der Waals surface area (Å²) >= 11 is 0. The van der Waals surface area contributed by atoms with Crippen molar-refractivity contribution >= 4 is 17.3 Å². The Morgan fingerprint density at radius 2 is 2.35 bits per heavy atom. The normalized spacial score (nSPS) is 14.5. The third kappa shape index (κ3) is 2.45. The summed E-state index contributed by atoms with van der Waals surface area (Å²) in [6.45, 7) is 4.42. The minimum Gasteiger partial charge on any atom is -0.465 e. The molecule has 6 heteroatoms. The molecule has 3 rings (SSSR count). The number of fused-ring (bicyclic) bond motifs is 1. The highest BCUT2D eigenvalue weighted by Crippen LogP contribution is 2.32. The summed E-state index contributed by atoms with van der Waals surface area (Å²) in [5, 5.41) is 4.39. The molecular formula is C14H18N4O2. The quantitative estimate of drug-likeness (QED) is 0.775. The predicted octanol–water partition coefficient (Wildman–Crippen LogP) is 1.57. The van der Waals surface area contributed by atoms with E-state index in [1.54, 1.807) is 10.7 Å². The van der Waals surface area contributed by atoms with Gasteiger partial charge in [-0.3, -0.25) is 4.79 Å². The lowest BCUT2D eigenvalue weighted by molar-refractivity contribution is -0.141. The number of aromatic nitrogens is 3. The number of esters is 1. The van der Waals surface area contributed by atoms with E-state index < -0.39 is 0 Å². The largest absolute Gasteiger partial charge is 0.465 e. The molecule has 0 N–H and O–H groups in total. The van der Waals surface area contributed by atoms with Gasteiger partial charge in [0, 0.05) is 18.4 Å². The zero-order valence-electron chi connectivity index (χ0n) is 11.7. The minimum atomic E-state index is -0.209. The van der Waals surface area contributed by atoms with Crippen molar-refractivity contribution < 1.29 is 9.53 Å². The molecule has 0 spiro atoms. The number of hydrogen-bond donors (Lipinski definition) is 0. The molecule has 1 aliphatic carbocycles. The van der Waals surface area contributed by atoms with Gasteiger partial charge in [-0.2, -0.15) is 5.10 Å². The summed E-state index contributed by atoms with van der Waals surface area (Å²) in [7, 11) is 0. The van der Waals surface area contributed by atoms with Crippen LogP contribution in [0.15, 0.2) is 18.5 Å². The van der Waals surface area contributed by atoms with Crippen molar-refractivity contribution in [1.29, 1.82) is 0 Å². The molecule has 0 aliphatic heterocycles. The molecule has 1 saturated carbocycles. The summed E-state index contributed by atoms with van der Waals surface area (Å²) in [6, 6.07) is 2.37. The molecule has 0 amide bonds. The number of aryl methyl sites for hydroxylation is 1. The van der Waals surface area contributed by atoms with Crippen LogP contribution in [-0.2, 0) is 9.53 Å². The van der Waals surface area contributed by atoms with E-state index in [1.807, 2.05) is 31.0 Å². The van der Waals surface area contributed by atoms with Crippen LogP contribution in [0.1, 0.15) is 25.5 Å². The number of rotatable bonds is 5. The topological polar surface area (TPSA) is 59.7 Å². The first-order valence-corrected chi connectivity index (χ1v) is 6.92. The Kier molecular flexibility index (Phi) is 3.30. The highest BCUT2D eigenvalue weighted by atomic mass is 16.5. The smallest absolute Gasteiger partial charge is 0.325 e. The molecule has 2 heterocycles. The highest BCUT2D eigenvalue weighted by Gasteiger charge is 2.33. The van der Waals surface area contributed by atoms with Gasteiger partial charge in [0.05, 0.1) is 12.3 Å². The van der Waals surface area contributed by atoms with Crippen LogP contribution in [-0.4, -0.2) is 39.8 Å². The second-order valence-electron chi connectivity index (χ2n) is 5.03. The van der Waals surface area contributed by atoms with Crippen LogP contribution in [0, 0.1) is 6.92 Å². The zero-order chi connectivity index (χ0) is 14.1. The minimum absolute atomic E-state index is 0.209. The van der Waals surface area contributed by atoms with Crippen molar-refractivity contribution in [2.75, 3.05) is 18.1 Å². The Morgan fingerprint density at radius 3 is 3.05 bits per heavy atom. The van der Waals surface area contributed by atoms with Crippen molar-refractivity contribution in [2.24, 2.45) is 0 Å². The molecule has 0 radical (unpaired) electrons. The van der Waals surface area contributed by atoms with Gasteiger partial charge in [-0.1, -0.05) is 0 Å². The fraction of sp³-hybridized carbons (Fsp3) is 0.500. The van der Waals surface area contributed by atoms with E-state index in [9.17, 15) is 4.79 Å². The second-order valence-corrected chi connectivity index (χ2v) is 5.03. The summed E-state index contributed by atoms with van der Waals surface area (Å²) in [6.07, 6.45) is 5.72. The van der Waals surface area contributed by atoms with E-state index in [0.717, 1.165) is 29.9 Å². The summed E-state index contributed by atoms with van der Waals surface area (Å²) in [5.74, 6) is 0.600. The van der Waals surface area contributed by atoms with Crippen molar-refractivity contribution in [3.63, 3.8) is 0 Å². The van der Waals surface area contributed by atoms with E-state index >= 15 is 0 Å². The van der Waals surface area contributed by atoms with Crippen LogP contribution >= 0.6 is 0 Å². The first-order chi connectivity index (χ1) is 9.69. The van der Waals surface area contributed by atoms with E-state index in [4.69, 9.17) is 4.74 Å². The third-order valence-corrected chi connectivity index (χ3v) is 3.36. The molecule has 0 aromatic carbocycles. The standard InChI is InChI=1S/C14H18N4O2/c1-3-20-13(19)9-17(11-4-5-11)14-12-8-10(2)16-18(12)7-6-15-14/h6-8,11H,3-5,9H2,1-2H3. The number of carbonyl (C=O) groups is 1. The van der Waals surface area contributed by atoms with Crippen molar-refractivity contribution in [1.82, 2.24) is 14.6 Å². The molecule has 20 heavy (non-hydrogen) atoms. The van der Waals surface area contributed by atoms with Gasteiger partial charge in [0.25, 0.3) is 0 Å². The fourth-order valence-corrected chi connectivity index (χ4v) is 2.36. The maximum Gasteiger partial charge on any atom is 0.325 e. The van der Waals surface area contributed by atoms with Gasteiger partial charge in [-0.15, -0.1) is 0 Å². The molecule has 0 saturated heterocycles. The third-order valence-electron chi connectivity index (χ3n) is 3.36. The first kappa shape index (κ1) is 12.9. The Labute approximate surface area is 117 Å². The van der Waals surface area contributed by atoms with E-state index in [0.29, 0.717) is 12.6 Å². The van der Waals surface area contributed by atoms with Crippen LogP contribution in [0.4, 0.5) is 5.82 Å². The second kappa shape index (κ2) is 5.11. The molecule has 1 fully saturated rings. The molecular weight excluding hydrogens is 256 g/mol. The van der Waals surface area contributed by atoms with Crippen LogP contribution in [0.3, 0.4) is 0 Å². The lowest BCUT2D eigenvalue weighted by Gasteiger charge is -2.22. The number of ether oxygens (including phenoxy) is 1. The average molecular weight is 274 g/mol. The monoisotopic (exact) mass is 274 g/mol. The van der Waals surface area contributed by atoms with Crippen molar-refractivity contribution in [2.45, 2.75) is 32.7 Å². The van der Waals surface area contributed by atoms with E-state index in [1.165, 1.54) is 0 Å². The summed E-state index contributed by atoms with van der Waals surface area (Å²) in [4.78, 5) is 18.3. The van der Waals surface area contributed by atoms with Crippen molar-refractivity contribution in [3.05, 3.63) is 24.2 Å².